The van der Waals surface area contributed by atoms with Gasteiger partial charge in [-0.15, -0.1) is 0 Å². The van der Waals surface area contributed by atoms with Crippen LogP contribution in [-0.4, -0.2) is 55.4 Å². The summed E-state index contributed by atoms with van der Waals surface area (Å²) in [7, 11) is 1.62. The zero-order valence-corrected chi connectivity index (χ0v) is 14.5. The van der Waals surface area contributed by atoms with Crippen LogP contribution in [0.3, 0.4) is 0 Å². The number of amides is 2. The average Bonchev–Trinajstić information content (AvgIpc) is 2.62. The van der Waals surface area contributed by atoms with E-state index in [2.05, 4.69) is 25.5 Å². The molecule has 2 amide bonds. The van der Waals surface area contributed by atoms with E-state index in [1.165, 1.54) is 0 Å². The summed E-state index contributed by atoms with van der Waals surface area (Å²) in [6, 6.07) is -0.148. The number of nitrogens with zero attached hydrogens (tertiary/aromatic N) is 3. The van der Waals surface area contributed by atoms with Crippen LogP contribution in [0.15, 0.2) is 12.4 Å². The number of urea groups is 1. The number of hydrogen-bond acceptors (Lipinski definition) is 5. The highest BCUT2D eigenvalue weighted by molar-refractivity contribution is 5.73. The summed E-state index contributed by atoms with van der Waals surface area (Å²) in [6.45, 7) is 5.33. The zero-order valence-electron chi connectivity index (χ0n) is 14.5. The van der Waals surface area contributed by atoms with E-state index in [1.807, 2.05) is 19.3 Å². The number of aromatic nitrogens is 2. The summed E-state index contributed by atoms with van der Waals surface area (Å²) >= 11 is 0. The first-order valence-electron chi connectivity index (χ1n) is 8.71. The molecule has 2 N–H and O–H groups in total. The first-order valence-corrected chi connectivity index (χ1v) is 8.71. The largest absolute Gasteiger partial charge is 0.376 e. The van der Waals surface area contributed by atoms with Gasteiger partial charge in [0.1, 0.15) is 0 Å². The summed E-state index contributed by atoms with van der Waals surface area (Å²) in [5, 5.41) is 5.39. The second kappa shape index (κ2) is 7.34. The molecule has 7 nitrogen and oxygen atoms in total. The maximum Gasteiger partial charge on any atom is 0.314 e. The lowest BCUT2D eigenvalue weighted by atomic mass is 9.73. The van der Waals surface area contributed by atoms with Gasteiger partial charge in [0.05, 0.1) is 12.7 Å². The molecule has 0 unspecified atom stereocenters. The number of carbonyl (C=O) groups is 1. The number of carbonyl (C=O) groups excluding carboxylic acids is 1. The number of nitrogens with one attached hydrogen (secondary N) is 2. The van der Waals surface area contributed by atoms with Gasteiger partial charge in [0.2, 0.25) is 5.95 Å². The molecular formula is C17H27N5O2. The normalized spacial score (nSPS) is 23.1. The van der Waals surface area contributed by atoms with Crippen LogP contribution in [0.2, 0.25) is 0 Å². The Bertz CT molecular complexity index is 545. The smallest absolute Gasteiger partial charge is 0.314 e. The fourth-order valence-corrected chi connectivity index (χ4v) is 3.50. The molecule has 0 bridgehead atoms. The van der Waals surface area contributed by atoms with E-state index in [9.17, 15) is 4.79 Å². The van der Waals surface area contributed by atoms with Gasteiger partial charge >= 0.3 is 6.03 Å². The van der Waals surface area contributed by atoms with Crippen molar-refractivity contribution in [1.29, 1.82) is 0 Å². The highest BCUT2D eigenvalue weighted by Crippen LogP contribution is 2.40. The van der Waals surface area contributed by atoms with Crippen LogP contribution in [0.5, 0.6) is 0 Å². The fourth-order valence-electron chi connectivity index (χ4n) is 3.50. The molecule has 2 saturated heterocycles. The standard InChI is InChI=1S/C17H27N5O2/c1-13-9-19-15(20-10-13)22-7-5-17(6-8-22)4-3-14(24-12-17)11-21-16(23)18-2/h9-10,14H,3-8,11-12H2,1-2H3,(H2,18,21,23)/t14-/m1/s1. The molecule has 1 aromatic heterocycles. The van der Waals surface area contributed by atoms with E-state index in [4.69, 9.17) is 4.74 Å². The minimum absolute atomic E-state index is 0.131. The van der Waals surface area contributed by atoms with Crippen LogP contribution in [-0.2, 0) is 4.74 Å². The van der Waals surface area contributed by atoms with Crippen LogP contribution < -0.4 is 15.5 Å². The minimum Gasteiger partial charge on any atom is -0.376 e. The maximum absolute atomic E-state index is 11.2. The SMILES string of the molecule is CNC(=O)NC[C@H]1CCC2(CCN(c3ncc(C)cn3)CC2)CO1. The van der Waals surface area contributed by atoms with Gasteiger partial charge in [-0.05, 0) is 43.6 Å². The molecule has 2 aliphatic rings. The molecule has 0 radical (unpaired) electrons. The van der Waals surface area contributed by atoms with Crippen LogP contribution in [0, 0.1) is 12.3 Å². The number of rotatable bonds is 3. The molecule has 132 valence electrons. The van der Waals surface area contributed by atoms with Crippen molar-refractivity contribution >= 4 is 12.0 Å². The van der Waals surface area contributed by atoms with Crippen molar-refractivity contribution in [3.8, 4) is 0 Å². The Labute approximate surface area is 143 Å². The zero-order chi connectivity index (χ0) is 17.0. The molecule has 1 spiro atoms. The van der Waals surface area contributed by atoms with Gasteiger partial charge in [0.15, 0.2) is 0 Å². The lowest BCUT2D eigenvalue weighted by Crippen LogP contribution is -2.48. The van der Waals surface area contributed by atoms with Crippen LogP contribution in [0.1, 0.15) is 31.2 Å². The molecule has 1 atom stereocenters. The Morgan fingerprint density at radius 2 is 2.04 bits per heavy atom. The van der Waals surface area contributed by atoms with Crippen molar-refractivity contribution in [2.24, 2.45) is 5.41 Å². The van der Waals surface area contributed by atoms with Crippen LogP contribution >= 0.6 is 0 Å². The van der Waals surface area contributed by atoms with E-state index in [-0.39, 0.29) is 17.6 Å². The Hall–Kier alpha value is -1.89. The monoisotopic (exact) mass is 333 g/mol. The predicted octanol–water partition coefficient (Wildman–Crippen LogP) is 1.48. The van der Waals surface area contributed by atoms with E-state index in [1.54, 1.807) is 7.05 Å². The van der Waals surface area contributed by atoms with Crippen molar-refractivity contribution in [1.82, 2.24) is 20.6 Å². The topological polar surface area (TPSA) is 79.4 Å². The van der Waals surface area contributed by atoms with E-state index >= 15 is 0 Å². The van der Waals surface area contributed by atoms with E-state index < -0.39 is 0 Å². The fraction of sp³-hybridized carbons (Fsp3) is 0.706. The van der Waals surface area contributed by atoms with Gasteiger partial charge in [-0.1, -0.05) is 0 Å². The van der Waals surface area contributed by atoms with E-state index in [0.717, 1.165) is 56.9 Å². The second-order valence-corrected chi connectivity index (χ2v) is 6.98. The second-order valence-electron chi connectivity index (χ2n) is 6.98. The molecule has 1 aromatic rings. The third-order valence-electron chi connectivity index (χ3n) is 5.21. The van der Waals surface area contributed by atoms with Gasteiger partial charge in [0.25, 0.3) is 0 Å². The molecule has 3 heterocycles. The van der Waals surface area contributed by atoms with Gasteiger partial charge in [-0.25, -0.2) is 14.8 Å². The molecule has 24 heavy (non-hydrogen) atoms. The Balaban J connectivity index is 1.46. The summed E-state index contributed by atoms with van der Waals surface area (Å²) in [6.07, 6.45) is 8.27. The summed E-state index contributed by atoms with van der Waals surface area (Å²) in [5.41, 5.74) is 1.37. The van der Waals surface area contributed by atoms with Crippen molar-refractivity contribution in [3.05, 3.63) is 18.0 Å². The molecule has 0 saturated carbocycles. The summed E-state index contributed by atoms with van der Waals surface area (Å²) in [5.74, 6) is 0.833. The Kier molecular flexibility index (Phi) is 5.18. The van der Waals surface area contributed by atoms with Gasteiger partial charge in [-0.2, -0.15) is 0 Å². The summed E-state index contributed by atoms with van der Waals surface area (Å²) in [4.78, 5) is 22.4. The highest BCUT2D eigenvalue weighted by atomic mass is 16.5. The predicted molar refractivity (Wildman–Crippen MR) is 92.1 cm³/mol. The molecule has 2 aliphatic heterocycles. The number of aryl methyl sites for hydroxylation is 1. The molecule has 0 aromatic carbocycles. The summed E-state index contributed by atoms with van der Waals surface area (Å²) < 4.78 is 6.03. The quantitative estimate of drug-likeness (QED) is 0.876. The van der Waals surface area contributed by atoms with Crippen LogP contribution in [0.4, 0.5) is 10.7 Å². The Morgan fingerprint density at radius 3 is 2.62 bits per heavy atom. The van der Waals surface area contributed by atoms with Crippen molar-refractivity contribution < 1.29 is 9.53 Å². The maximum atomic E-state index is 11.2. The van der Waals surface area contributed by atoms with E-state index in [0.29, 0.717) is 6.54 Å². The Morgan fingerprint density at radius 1 is 1.33 bits per heavy atom. The van der Waals surface area contributed by atoms with Gasteiger partial charge in [-0.3, -0.25) is 0 Å². The van der Waals surface area contributed by atoms with Crippen molar-refractivity contribution in [2.45, 2.75) is 38.7 Å². The average molecular weight is 333 g/mol. The molecular weight excluding hydrogens is 306 g/mol. The van der Waals surface area contributed by atoms with Gasteiger partial charge in [0, 0.05) is 39.1 Å². The molecule has 2 fully saturated rings. The molecule has 0 aliphatic carbocycles. The van der Waals surface area contributed by atoms with Crippen molar-refractivity contribution in [2.75, 3.05) is 38.2 Å². The first kappa shape index (κ1) is 17.0. The minimum atomic E-state index is -0.148. The number of anilines is 1. The first-order chi connectivity index (χ1) is 11.6. The third kappa shape index (κ3) is 3.95. The lowest BCUT2D eigenvalue weighted by molar-refractivity contribution is -0.0697. The number of hydrogen-bond donors (Lipinski definition) is 2. The number of ether oxygens (including phenoxy) is 1. The number of piperidine rings is 1. The van der Waals surface area contributed by atoms with Gasteiger partial charge < -0.3 is 20.3 Å². The lowest BCUT2D eigenvalue weighted by Gasteiger charge is -2.45. The van der Waals surface area contributed by atoms with Crippen LogP contribution in [0.25, 0.3) is 0 Å². The highest BCUT2D eigenvalue weighted by Gasteiger charge is 2.39. The molecule has 3 rings (SSSR count). The molecule has 7 heteroatoms. The third-order valence-corrected chi connectivity index (χ3v) is 5.21. The van der Waals surface area contributed by atoms with Crippen molar-refractivity contribution in [3.63, 3.8) is 0 Å².